The first-order valence-corrected chi connectivity index (χ1v) is 8.73. The van der Waals surface area contributed by atoms with Crippen LogP contribution in [-0.4, -0.2) is 44.0 Å². The normalized spacial score (nSPS) is 9.93. The van der Waals surface area contributed by atoms with E-state index in [2.05, 4.69) is 5.32 Å². The SMILES string of the molecule is COc1ccc(CCN(CC(=O)Nc2ccc(C#N)cc2)C(C)=O)cc1OC. The van der Waals surface area contributed by atoms with E-state index < -0.39 is 0 Å². The Morgan fingerprint density at radius 1 is 1.07 bits per heavy atom. The monoisotopic (exact) mass is 381 g/mol. The molecule has 2 rings (SSSR count). The number of amides is 2. The van der Waals surface area contributed by atoms with Crippen molar-refractivity contribution < 1.29 is 19.1 Å². The lowest BCUT2D eigenvalue weighted by Gasteiger charge is -2.21. The summed E-state index contributed by atoms with van der Waals surface area (Å²) in [6, 6.07) is 14.1. The van der Waals surface area contributed by atoms with Gasteiger partial charge in [-0.3, -0.25) is 9.59 Å². The number of nitrogens with one attached hydrogen (secondary N) is 1. The molecule has 0 spiro atoms. The van der Waals surface area contributed by atoms with Crippen molar-refractivity contribution in [1.29, 1.82) is 5.26 Å². The zero-order valence-corrected chi connectivity index (χ0v) is 16.2. The van der Waals surface area contributed by atoms with Gasteiger partial charge in [-0.2, -0.15) is 5.26 Å². The van der Waals surface area contributed by atoms with Crippen molar-refractivity contribution in [2.24, 2.45) is 0 Å². The van der Waals surface area contributed by atoms with Gasteiger partial charge in [0, 0.05) is 19.2 Å². The van der Waals surface area contributed by atoms with Crippen LogP contribution in [0.2, 0.25) is 0 Å². The van der Waals surface area contributed by atoms with Crippen molar-refractivity contribution in [3.05, 3.63) is 53.6 Å². The van der Waals surface area contributed by atoms with Crippen molar-refractivity contribution in [3.63, 3.8) is 0 Å². The van der Waals surface area contributed by atoms with Crippen molar-refractivity contribution in [2.75, 3.05) is 32.6 Å². The number of hydrogen-bond donors (Lipinski definition) is 1. The molecule has 0 saturated heterocycles. The molecule has 0 aromatic heterocycles. The van der Waals surface area contributed by atoms with Crippen LogP contribution >= 0.6 is 0 Å². The van der Waals surface area contributed by atoms with Gasteiger partial charge in [0.1, 0.15) is 0 Å². The van der Waals surface area contributed by atoms with Crippen LogP contribution in [0.5, 0.6) is 11.5 Å². The van der Waals surface area contributed by atoms with Crippen molar-refractivity contribution >= 4 is 17.5 Å². The van der Waals surface area contributed by atoms with E-state index in [1.54, 1.807) is 38.5 Å². The molecule has 7 heteroatoms. The highest BCUT2D eigenvalue weighted by Gasteiger charge is 2.14. The summed E-state index contributed by atoms with van der Waals surface area (Å²) in [4.78, 5) is 25.7. The van der Waals surface area contributed by atoms with Crippen LogP contribution in [0.25, 0.3) is 0 Å². The average molecular weight is 381 g/mol. The Balaban J connectivity index is 1.96. The van der Waals surface area contributed by atoms with Gasteiger partial charge in [-0.15, -0.1) is 0 Å². The Kier molecular flexibility index (Phi) is 7.40. The Morgan fingerprint density at radius 2 is 1.75 bits per heavy atom. The minimum absolute atomic E-state index is 0.0530. The maximum atomic E-state index is 12.3. The number of nitriles is 1. The van der Waals surface area contributed by atoms with E-state index in [-0.39, 0.29) is 18.4 Å². The van der Waals surface area contributed by atoms with Crippen LogP contribution < -0.4 is 14.8 Å². The van der Waals surface area contributed by atoms with Gasteiger partial charge in [-0.1, -0.05) is 6.07 Å². The second-order valence-corrected chi connectivity index (χ2v) is 6.12. The lowest BCUT2D eigenvalue weighted by Crippen LogP contribution is -2.38. The first-order valence-electron chi connectivity index (χ1n) is 8.73. The maximum Gasteiger partial charge on any atom is 0.243 e. The lowest BCUT2D eigenvalue weighted by atomic mass is 10.1. The molecule has 0 fully saturated rings. The molecule has 0 bridgehead atoms. The van der Waals surface area contributed by atoms with E-state index in [1.165, 1.54) is 11.8 Å². The summed E-state index contributed by atoms with van der Waals surface area (Å²) in [6.07, 6.45) is 0.573. The van der Waals surface area contributed by atoms with Gasteiger partial charge in [-0.25, -0.2) is 0 Å². The van der Waals surface area contributed by atoms with Crippen molar-refractivity contribution in [1.82, 2.24) is 4.90 Å². The van der Waals surface area contributed by atoms with Gasteiger partial charge in [0.05, 0.1) is 32.4 Å². The van der Waals surface area contributed by atoms with Gasteiger partial charge in [-0.05, 0) is 48.4 Å². The molecule has 0 radical (unpaired) electrons. The van der Waals surface area contributed by atoms with Crippen molar-refractivity contribution in [3.8, 4) is 17.6 Å². The van der Waals surface area contributed by atoms with Crippen LogP contribution in [0, 0.1) is 11.3 Å². The van der Waals surface area contributed by atoms with Crippen LogP contribution in [-0.2, 0) is 16.0 Å². The molecule has 0 saturated carbocycles. The third kappa shape index (κ3) is 5.74. The second kappa shape index (κ2) is 9.97. The van der Waals surface area contributed by atoms with Gasteiger partial charge in [0.15, 0.2) is 11.5 Å². The van der Waals surface area contributed by atoms with Gasteiger partial charge in [0.25, 0.3) is 0 Å². The third-order valence-electron chi connectivity index (χ3n) is 4.20. The third-order valence-corrected chi connectivity index (χ3v) is 4.20. The summed E-state index contributed by atoms with van der Waals surface area (Å²) in [5.41, 5.74) is 2.06. The molecular weight excluding hydrogens is 358 g/mol. The predicted octanol–water partition coefficient (Wildman–Crippen LogP) is 2.61. The van der Waals surface area contributed by atoms with E-state index in [0.717, 1.165) is 5.56 Å². The summed E-state index contributed by atoms with van der Waals surface area (Å²) in [5.74, 6) is 0.770. The summed E-state index contributed by atoms with van der Waals surface area (Å²) >= 11 is 0. The first-order chi connectivity index (χ1) is 13.5. The fraction of sp³-hybridized carbons (Fsp3) is 0.286. The van der Waals surface area contributed by atoms with Crippen molar-refractivity contribution in [2.45, 2.75) is 13.3 Å². The smallest absolute Gasteiger partial charge is 0.243 e. The highest BCUT2D eigenvalue weighted by atomic mass is 16.5. The highest BCUT2D eigenvalue weighted by molar-refractivity contribution is 5.94. The fourth-order valence-electron chi connectivity index (χ4n) is 2.65. The molecule has 2 aromatic carbocycles. The van der Waals surface area contributed by atoms with E-state index in [0.29, 0.717) is 35.7 Å². The summed E-state index contributed by atoms with van der Waals surface area (Å²) < 4.78 is 10.5. The topological polar surface area (TPSA) is 91.7 Å². The minimum Gasteiger partial charge on any atom is -0.493 e. The van der Waals surface area contributed by atoms with Gasteiger partial charge < -0.3 is 19.7 Å². The van der Waals surface area contributed by atoms with Crippen LogP contribution in [0.1, 0.15) is 18.1 Å². The van der Waals surface area contributed by atoms with E-state index in [9.17, 15) is 9.59 Å². The zero-order valence-electron chi connectivity index (χ0n) is 16.2. The number of methoxy groups -OCH3 is 2. The molecule has 0 atom stereocenters. The number of hydrogen-bond acceptors (Lipinski definition) is 5. The molecule has 0 aliphatic rings. The summed E-state index contributed by atoms with van der Waals surface area (Å²) in [6.45, 7) is 1.78. The molecule has 0 aliphatic heterocycles. The van der Waals surface area contributed by atoms with Gasteiger partial charge in [0.2, 0.25) is 11.8 Å². The Bertz CT molecular complexity index is 872. The largest absolute Gasteiger partial charge is 0.493 e. The van der Waals surface area contributed by atoms with E-state index >= 15 is 0 Å². The number of carbonyl (C=O) groups is 2. The molecule has 28 heavy (non-hydrogen) atoms. The molecule has 146 valence electrons. The van der Waals surface area contributed by atoms with E-state index in [4.69, 9.17) is 14.7 Å². The number of benzene rings is 2. The zero-order chi connectivity index (χ0) is 20.5. The molecular formula is C21H23N3O4. The molecule has 0 heterocycles. The van der Waals surface area contributed by atoms with Gasteiger partial charge >= 0.3 is 0 Å². The molecule has 2 aromatic rings. The number of rotatable bonds is 8. The van der Waals surface area contributed by atoms with Crippen LogP contribution in [0.15, 0.2) is 42.5 Å². The fourth-order valence-corrected chi connectivity index (χ4v) is 2.65. The molecule has 7 nitrogen and oxygen atoms in total. The Hall–Kier alpha value is -3.53. The van der Waals surface area contributed by atoms with Crippen LogP contribution in [0.3, 0.4) is 0 Å². The average Bonchev–Trinajstić information content (AvgIpc) is 2.71. The Morgan fingerprint density at radius 3 is 2.32 bits per heavy atom. The number of carbonyl (C=O) groups excluding carboxylic acids is 2. The predicted molar refractivity (Wildman–Crippen MR) is 105 cm³/mol. The molecule has 1 N–H and O–H groups in total. The maximum absolute atomic E-state index is 12.3. The number of nitrogens with zero attached hydrogens (tertiary/aromatic N) is 2. The lowest BCUT2D eigenvalue weighted by molar-refractivity contribution is -0.132. The Labute approximate surface area is 164 Å². The minimum atomic E-state index is -0.299. The summed E-state index contributed by atoms with van der Waals surface area (Å²) in [5, 5.41) is 11.5. The number of anilines is 1. The quantitative estimate of drug-likeness (QED) is 0.759. The standard InChI is InChI=1S/C21H23N3O4/c1-15(25)24(11-10-16-6-9-19(27-2)20(12-16)28-3)14-21(26)23-18-7-4-17(13-22)5-8-18/h4-9,12H,10-11,14H2,1-3H3,(H,23,26). The van der Waals surface area contributed by atoms with Crippen LogP contribution in [0.4, 0.5) is 5.69 Å². The molecule has 0 unspecified atom stereocenters. The highest BCUT2D eigenvalue weighted by Crippen LogP contribution is 2.27. The summed E-state index contributed by atoms with van der Waals surface area (Å²) in [7, 11) is 3.14. The number of ether oxygens (including phenoxy) is 2. The first kappa shape index (κ1) is 20.8. The molecule has 2 amide bonds. The molecule has 0 aliphatic carbocycles. The van der Waals surface area contributed by atoms with E-state index in [1.807, 2.05) is 24.3 Å². The second-order valence-electron chi connectivity index (χ2n) is 6.12.